The Morgan fingerprint density at radius 2 is 2.04 bits per heavy atom. The molecular formula is C19H18FN3O3. The minimum atomic E-state index is -0.755. The highest BCUT2D eigenvalue weighted by atomic mass is 19.1. The van der Waals surface area contributed by atoms with Crippen molar-refractivity contribution >= 4 is 22.8 Å². The molecule has 0 N–H and O–H groups in total. The third-order valence-corrected chi connectivity index (χ3v) is 3.76. The van der Waals surface area contributed by atoms with Crippen LogP contribution >= 0.6 is 0 Å². The highest BCUT2D eigenvalue weighted by Gasteiger charge is 2.16. The number of esters is 1. The van der Waals surface area contributed by atoms with Gasteiger partial charge in [-0.15, -0.1) is 0 Å². The Balaban J connectivity index is 1.97. The summed E-state index contributed by atoms with van der Waals surface area (Å²) in [5.74, 6) is -0.747. The van der Waals surface area contributed by atoms with Crippen molar-refractivity contribution in [1.82, 2.24) is 14.8 Å². The van der Waals surface area contributed by atoms with E-state index in [1.54, 1.807) is 37.0 Å². The first-order valence-corrected chi connectivity index (χ1v) is 8.11. The minimum absolute atomic E-state index is 0.0645. The Bertz CT molecular complexity index is 948. The smallest absolute Gasteiger partial charge is 0.333 e. The van der Waals surface area contributed by atoms with Crippen LogP contribution in [0.5, 0.6) is 5.75 Å². The number of methoxy groups -OCH3 is 1. The number of pyridine rings is 1. The van der Waals surface area contributed by atoms with Gasteiger partial charge in [0.25, 0.3) is 0 Å². The lowest BCUT2D eigenvalue weighted by atomic mass is 10.2. The fraction of sp³-hybridized carbons (Fsp3) is 0.211. The molecule has 3 rings (SSSR count). The number of rotatable bonds is 6. The molecule has 6 nitrogen and oxygen atoms in total. The van der Waals surface area contributed by atoms with Crippen molar-refractivity contribution < 1.29 is 18.7 Å². The number of ether oxygens (including phenoxy) is 2. The van der Waals surface area contributed by atoms with Gasteiger partial charge >= 0.3 is 5.97 Å². The lowest BCUT2D eigenvalue weighted by Crippen LogP contribution is -2.03. The molecule has 3 aromatic rings. The van der Waals surface area contributed by atoms with Crippen LogP contribution in [0.3, 0.4) is 0 Å². The number of benzene rings is 1. The van der Waals surface area contributed by atoms with E-state index in [2.05, 4.69) is 10.1 Å². The van der Waals surface area contributed by atoms with E-state index in [-0.39, 0.29) is 12.3 Å². The molecule has 0 radical (unpaired) electrons. The highest BCUT2D eigenvalue weighted by Crippen LogP contribution is 2.25. The van der Waals surface area contributed by atoms with Crippen LogP contribution < -0.4 is 4.74 Å². The maximum Gasteiger partial charge on any atom is 0.333 e. The molecule has 1 aromatic carbocycles. The number of halogens is 1. The number of carbonyl (C=O) groups excluding carboxylic acids is 1. The largest absolute Gasteiger partial charge is 0.497 e. The van der Waals surface area contributed by atoms with Gasteiger partial charge in [-0.05, 0) is 36.8 Å². The van der Waals surface area contributed by atoms with Crippen molar-refractivity contribution in [2.75, 3.05) is 13.7 Å². The van der Waals surface area contributed by atoms with Crippen LogP contribution in [0.2, 0.25) is 0 Å². The summed E-state index contributed by atoms with van der Waals surface area (Å²) in [7, 11) is 1.60. The fourth-order valence-electron chi connectivity index (χ4n) is 2.56. The van der Waals surface area contributed by atoms with Crippen LogP contribution in [0.15, 0.2) is 48.7 Å². The standard InChI is InChI=1S/C19H18FN3O3/c1-3-26-17(24)11-16(20)18-15-5-4-10-21-19(15)23(22-18)12-13-6-8-14(25-2)9-7-13/h4-11H,3,12H2,1-2H3. The molecule has 0 aliphatic rings. The molecule has 0 aliphatic carbocycles. The van der Waals surface area contributed by atoms with E-state index in [4.69, 9.17) is 9.47 Å². The average molecular weight is 355 g/mol. The molecule has 2 aromatic heterocycles. The molecule has 0 unspecified atom stereocenters. The Morgan fingerprint density at radius 1 is 1.27 bits per heavy atom. The van der Waals surface area contributed by atoms with E-state index in [0.29, 0.717) is 17.6 Å². The first-order valence-electron chi connectivity index (χ1n) is 8.11. The van der Waals surface area contributed by atoms with Crippen LogP contribution in [0.4, 0.5) is 4.39 Å². The summed E-state index contributed by atoms with van der Waals surface area (Å²) in [6.07, 6.45) is 2.42. The summed E-state index contributed by atoms with van der Waals surface area (Å²) >= 11 is 0. The molecular weight excluding hydrogens is 337 g/mol. The molecule has 26 heavy (non-hydrogen) atoms. The first kappa shape index (κ1) is 17.6. The van der Waals surface area contributed by atoms with E-state index >= 15 is 0 Å². The van der Waals surface area contributed by atoms with Gasteiger partial charge in [-0.1, -0.05) is 12.1 Å². The molecule has 0 saturated heterocycles. The van der Waals surface area contributed by atoms with E-state index in [0.717, 1.165) is 17.4 Å². The van der Waals surface area contributed by atoms with Gasteiger partial charge in [0.15, 0.2) is 11.5 Å². The summed E-state index contributed by atoms with van der Waals surface area (Å²) in [4.78, 5) is 15.8. The topological polar surface area (TPSA) is 66.2 Å². The molecule has 0 atom stereocenters. The molecule has 2 heterocycles. The summed E-state index contributed by atoms with van der Waals surface area (Å²) in [5, 5.41) is 4.84. The van der Waals surface area contributed by atoms with Gasteiger partial charge in [-0.2, -0.15) is 5.10 Å². The average Bonchev–Trinajstić information content (AvgIpc) is 3.01. The maximum atomic E-state index is 14.5. The third kappa shape index (κ3) is 3.72. The van der Waals surface area contributed by atoms with Gasteiger partial charge < -0.3 is 9.47 Å². The molecule has 0 bridgehead atoms. The minimum Gasteiger partial charge on any atom is -0.497 e. The molecule has 0 saturated carbocycles. The van der Waals surface area contributed by atoms with Crippen molar-refractivity contribution in [2.24, 2.45) is 0 Å². The van der Waals surface area contributed by atoms with E-state index in [1.807, 2.05) is 24.3 Å². The fourth-order valence-corrected chi connectivity index (χ4v) is 2.56. The summed E-state index contributed by atoms with van der Waals surface area (Å²) in [5.41, 5.74) is 1.56. The van der Waals surface area contributed by atoms with Gasteiger partial charge in [-0.3, -0.25) is 0 Å². The normalized spacial score (nSPS) is 11.6. The number of hydrogen-bond acceptors (Lipinski definition) is 5. The van der Waals surface area contributed by atoms with Crippen molar-refractivity contribution in [1.29, 1.82) is 0 Å². The van der Waals surface area contributed by atoms with Gasteiger partial charge in [0.05, 0.1) is 26.3 Å². The second-order valence-corrected chi connectivity index (χ2v) is 5.47. The summed E-state index contributed by atoms with van der Waals surface area (Å²) < 4.78 is 26.0. The maximum absolute atomic E-state index is 14.5. The molecule has 0 spiro atoms. The number of aromatic nitrogens is 3. The number of hydrogen-bond donors (Lipinski definition) is 0. The van der Waals surface area contributed by atoms with E-state index < -0.39 is 11.8 Å². The van der Waals surface area contributed by atoms with Crippen LogP contribution in [-0.4, -0.2) is 34.5 Å². The predicted molar refractivity (Wildman–Crippen MR) is 95.3 cm³/mol. The second kappa shape index (κ2) is 7.77. The predicted octanol–water partition coefficient (Wildman–Crippen LogP) is 3.36. The van der Waals surface area contributed by atoms with Gasteiger partial charge in [0.2, 0.25) is 0 Å². The molecule has 134 valence electrons. The Labute approximate surface area is 149 Å². The molecule has 0 amide bonds. The monoisotopic (exact) mass is 355 g/mol. The van der Waals surface area contributed by atoms with Gasteiger partial charge in [0.1, 0.15) is 11.4 Å². The van der Waals surface area contributed by atoms with Gasteiger partial charge in [-0.25, -0.2) is 18.9 Å². The van der Waals surface area contributed by atoms with Crippen molar-refractivity contribution in [2.45, 2.75) is 13.5 Å². The van der Waals surface area contributed by atoms with Crippen LogP contribution in [-0.2, 0) is 16.1 Å². The Kier molecular flexibility index (Phi) is 5.26. The third-order valence-electron chi connectivity index (χ3n) is 3.76. The number of fused-ring (bicyclic) bond motifs is 1. The molecule has 7 heteroatoms. The summed E-state index contributed by atoms with van der Waals surface area (Å²) in [6.45, 7) is 2.24. The SMILES string of the molecule is CCOC(=O)C=C(F)c1nn(Cc2ccc(OC)cc2)c2ncccc12. The van der Waals surface area contributed by atoms with Gasteiger partial charge in [0, 0.05) is 11.6 Å². The van der Waals surface area contributed by atoms with Crippen LogP contribution in [0.25, 0.3) is 16.9 Å². The quantitative estimate of drug-likeness (QED) is 0.501. The lowest BCUT2D eigenvalue weighted by Gasteiger charge is -2.04. The lowest BCUT2D eigenvalue weighted by molar-refractivity contribution is -0.137. The van der Waals surface area contributed by atoms with E-state index in [1.165, 1.54) is 0 Å². The zero-order valence-electron chi connectivity index (χ0n) is 14.5. The zero-order valence-corrected chi connectivity index (χ0v) is 14.5. The van der Waals surface area contributed by atoms with Crippen LogP contribution in [0, 0.1) is 0 Å². The second-order valence-electron chi connectivity index (χ2n) is 5.47. The zero-order chi connectivity index (χ0) is 18.5. The number of nitrogens with zero attached hydrogens (tertiary/aromatic N) is 3. The Hall–Kier alpha value is -3.22. The first-order chi connectivity index (χ1) is 12.6. The van der Waals surface area contributed by atoms with Crippen molar-refractivity contribution in [3.8, 4) is 5.75 Å². The van der Waals surface area contributed by atoms with Crippen LogP contribution in [0.1, 0.15) is 18.2 Å². The summed E-state index contributed by atoms with van der Waals surface area (Å²) in [6, 6.07) is 10.9. The number of carbonyl (C=O) groups is 1. The van der Waals surface area contributed by atoms with Crippen molar-refractivity contribution in [3.05, 3.63) is 59.9 Å². The molecule has 0 aliphatic heterocycles. The van der Waals surface area contributed by atoms with E-state index in [9.17, 15) is 9.18 Å². The molecule has 0 fully saturated rings. The highest BCUT2D eigenvalue weighted by molar-refractivity contribution is 5.94. The van der Waals surface area contributed by atoms with Crippen molar-refractivity contribution in [3.63, 3.8) is 0 Å². The Morgan fingerprint density at radius 3 is 2.73 bits per heavy atom.